The molecule has 0 amide bonds. The molecule has 2 heterocycles. The fourth-order valence-electron chi connectivity index (χ4n) is 1.54. The van der Waals surface area contributed by atoms with E-state index in [9.17, 15) is 4.79 Å². The number of hydrogen-bond donors (Lipinski definition) is 2. The molecular weight excluding hydrogens is 312 g/mol. The van der Waals surface area contributed by atoms with Gasteiger partial charge in [0, 0.05) is 0 Å². The summed E-state index contributed by atoms with van der Waals surface area (Å²) in [5.41, 5.74) is 0.392. The summed E-state index contributed by atoms with van der Waals surface area (Å²) in [6.45, 7) is 5.86. The topological polar surface area (TPSA) is 88.5 Å². The molecule has 1 unspecified atom stereocenters. The van der Waals surface area contributed by atoms with Gasteiger partial charge in [-0.15, -0.1) is 6.58 Å². The Bertz CT molecular complexity index is 621. The van der Waals surface area contributed by atoms with Crippen LogP contribution in [0, 0.1) is 0 Å². The molecule has 100 valence electrons. The minimum absolute atomic E-state index is 0.116. The predicted molar refractivity (Wildman–Crippen MR) is 74.8 cm³/mol. The van der Waals surface area contributed by atoms with Crippen LogP contribution in [0.15, 0.2) is 34.4 Å². The number of nitrogens with zero attached hydrogens (tertiary/aromatic N) is 4. The maximum atomic E-state index is 12.0. The van der Waals surface area contributed by atoms with Crippen LogP contribution in [-0.4, -0.2) is 25.0 Å². The third-order valence-electron chi connectivity index (χ3n) is 2.50. The average Bonchev–Trinajstić information content (AvgIpc) is 2.92. The van der Waals surface area contributed by atoms with Crippen molar-refractivity contribution in [1.29, 1.82) is 0 Å². The Balaban J connectivity index is 2.24. The maximum absolute atomic E-state index is 12.0. The minimum Gasteiger partial charge on any atom is -0.373 e. The van der Waals surface area contributed by atoms with Gasteiger partial charge in [0.25, 0.3) is 5.56 Å². The highest BCUT2D eigenvalue weighted by Gasteiger charge is 2.13. The van der Waals surface area contributed by atoms with Crippen LogP contribution in [0.1, 0.15) is 18.8 Å². The standard InChI is InChI=1S/C11H13BrN6O/c1-3-4-18-11(19)9(12)8(5-15-18)16-7(2)10-13-6-14-17-10/h3,5-7,16H,1,4H2,2H3,(H,13,14,17). The first-order valence-electron chi connectivity index (χ1n) is 5.61. The number of aromatic nitrogens is 5. The number of halogens is 1. The summed E-state index contributed by atoms with van der Waals surface area (Å²) in [6, 6.07) is -0.116. The van der Waals surface area contributed by atoms with Gasteiger partial charge < -0.3 is 5.32 Å². The molecule has 1 atom stereocenters. The Labute approximate surface area is 117 Å². The second-order valence-electron chi connectivity index (χ2n) is 3.88. The third-order valence-corrected chi connectivity index (χ3v) is 3.27. The summed E-state index contributed by atoms with van der Waals surface area (Å²) in [4.78, 5) is 16.0. The maximum Gasteiger partial charge on any atom is 0.283 e. The predicted octanol–water partition coefficient (Wildman–Crippen LogP) is 1.48. The molecule has 19 heavy (non-hydrogen) atoms. The Morgan fingerprint density at radius 3 is 3.11 bits per heavy atom. The molecule has 0 bridgehead atoms. The van der Waals surface area contributed by atoms with Crippen LogP contribution in [0.25, 0.3) is 0 Å². The van der Waals surface area contributed by atoms with Crippen molar-refractivity contribution in [3.63, 3.8) is 0 Å². The molecule has 0 aliphatic carbocycles. The monoisotopic (exact) mass is 324 g/mol. The zero-order chi connectivity index (χ0) is 13.8. The Hall–Kier alpha value is -1.96. The number of anilines is 1. The summed E-state index contributed by atoms with van der Waals surface area (Å²) in [6.07, 6.45) is 4.63. The van der Waals surface area contributed by atoms with Gasteiger partial charge in [-0.25, -0.2) is 9.67 Å². The second kappa shape index (κ2) is 5.79. The molecule has 0 aliphatic heterocycles. The largest absolute Gasteiger partial charge is 0.373 e. The molecule has 0 saturated heterocycles. The number of aromatic amines is 1. The number of hydrogen-bond acceptors (Lipinski definition) is 5. The van der Waals surface area contributed by atoms with Gasteiger partial charge in [0.1, 0.15) is 16.6 Å². The van der Waals surface area contributed by atoms with E-state index in [-0.39, 0.29) is 11.6 Å². The molecule has 0 fully saturated rings. The second-order valence-corrected chi connectivity index (χ2v) is 4.68. The van der Waals surface area contributed by atoms with Crippen molar-refractivity contribution < 1.29 is 0 Å². The van der Waals surface area contributed by atoms with Gasteiger partial charge in [0.2, 0.25) is 0 Å². The molecule has 0 saturated carbocycles. The van der Waals surface area contributed by atoms with Crippen molar-refractivity contribution in [1.82, 2.24) is 25.0 Å². The van der Waals surface area contributed by atoms with Gasteiger partial charge >= 0.3 is 0 Å². The molecule has 0 spiro atoms. The number of allylic oxidation sites excluding steroid dienone is 1. The van der Waals surface area contributed by atoms with Crippen molar-refractivity contribution in [2.24, 2.45) is 0 Å². The first-order valence-corrected chi connectivity index (χ1v) is 6.41. The number of nitrogens with one attached hydrogen (secondary N) is 2. The molecule has 2 rings (SSSR count). The van der Waals surface area contributed by atoms with Crippen LogP contribution in [0.5, 0.6) is 0 Å². The van der Waals surface area contributed by atoms with Crippen LogP contribution >= 0.6 is 15.9 Å². The normalized spacial score (nSPS) is 12.1. The zero-order valence-electron chi connectivity index (χ0n) is 10.3. The highest BCUT2D eigenvalue weighted by molar-refractivity contribution is 9.10. The van der Waals surface area contributed by atoms with Gasteiger partial charge in [0.15, 0.2) is 0 Å². The summed E-state index contributed by atoms with van der Waals surface area (Å²) in [7, 11) is 0. The third kappa shape index (κ3) is 2.90. The SMILES string of the molecule is C=CCn1ncc(NC(C)c2ncn[nH]2)c(Br)c1=O. The lowest BCUT2D eigenvalue weighted by Crippen LogP contribution is -2.24. The lowest BCUT2D eigenvalue weighted by molar-refractivity contribution is 0.647. The fraction of sp³-hybridized carbons (Fsp3) is 0.273. The Morgan fingerprint density at radius 1 is 1.68 bits per heavy atom. The van der Waals surface area contributed by atoms with E-state index in [4.69, 9.17) is 0 Å². The van der Waals surface area contributed by atoms with Gasteiger partial charge in [0.05, 0.1) is 24.5 Å². The smallest absolute Gasteiger partial charge is 0.283 e. The first-order chi connectivity index (χ1) is 9.13. The van der Waals surface area contributed by atoms with E-state index in [0.717, 1.165) is 0 Å². The molecule has 7 nitrogen and oxygen atoms in total. The summed E-state index contributed by atoms with van der Waals surface area (Å²) >= 11 is 3.28. The van der Waals surface area contributed by atoms with Crippen molar-refractivity contribution >= 4 is 21.6 Å². The zero-order valence-corrected chi connectivity index (χ0v) is 11.9. The van der Waals surface area contributed by atoms with Crippen LogP contribution in [0.4, 0.5) is 5.69 Å². The molecular formula is C11H13BrN6O. The quantitative estimate of drug-likeness (QED) is 0.813. The summed E-state index contributed by atoms with van der Waals surface area (Å²) in [5, 5.41) is 13.7. The van der Waals surface area contributed by atoms with E-state index in [0.29, 0.717) is 22.5 Å². The number of rotatable bonds is 5. The Kier molecular flexibility index (Phi) is 4.10. The van der Waals surface area contributed by atoms with Crippen LogP contribution in [0.3, 0.4) is 0 Å². The lowest BCUT2D eigenvalue weighted by atomic mass is 10.3. The summed E-state index contributed by atoms with van der Waals surface area (Å²) < 4.78 is 1.75. The van der Waals surface area contributed by atoms with Crippen molar-refractivity contribution in [3.8, 4) is 0 Å². The first kappa shape index (κ1) is 13.5. The van der Waals surface area contributed by atoms with E-state index < -0.39 is 0 Å². The summed E-state index contributed by atoms with van der Waals surface area (Å²) in [5.74, 6) is 0.683. The van der Waals surface area contributed by atoms with Gasteiger partial charge in [-0.1, -0.05) is 6.08 Å². The van der Waals surface area contributed by atoms with E-state index in [2.05, 4.69) is 48.1 Å². The lowest BCUT2D eigenvalue weighted by Gasteiger charge is -2.14. The van der Waals surface area contributed by atoms with E-state index >= 15 is 0 Å². The fourth-order valence-corrected chi connectivity index (χ4v) is 1.96. The molecule has 0 aromatic carbocycles. The van der Waals surface area contributed by atoms with Crippen molar-refractivity contribution in [3.05, 3.63) is 45.8 Å². The molecule has 2 aromatic heterocycles. The van der Waals surface area contributed by atoms with Crippen molar-refractivity contribution in [2.45, 2.75) is 19.5 Å². The molecule has 0 aliphatic rings. The average molecular weight is 325 g/mol. The van der Waals surface area contributed by atoms with Crippen LogP contribution in [0.2, 0.25) is 0 Å². The molecule has 0 radical (unpaired) electrons. The molecule has 8 heteroatoms. The van der Waals surface area contributed by atoms with Gasteiger partial charge in [-0.3, -0.25) is 9.89 Å². The highest BCUT2D eigenvalue weighted by atomic mass is 79.9. The van der Waals surface area contributed by atoms with E-state index in [1.807, 2.05) is 6.92 Å². The highest BCUT2D eigenvalue weighted by Crippen LogP contribution is 2.21. The van der Waals surface area contributed by atoms with Crippen molar-refractivity contribution in [2.75, 3.05) is 5.32 Å². The van der Waals surface area contributed by atoms with E-state index in [1.165, 1.54) is 11.0 Å². The van der Waals surface area contributed by atoms with Gasteiger partial charge in [-0.05, 0) is 22.9 Å². The van der Waals surface area contributed by atoms with Crippen LogP contribution < -0.4 is 10.9 Å². The van der Waals surface area contributed by atoms with E-state index in [1.54, 1.807) is 12.3 Å². The van der Waals surface area contributed by atoms with Gasteiger partial charge in [-0.2, -0.15) is 10.2 Å². The van der Waals surface area contributed by atoms with Crippen LogP contribution in [-0.2, 0) is 6.54 Å². The molecule has 2 N–H and O–H groups in total. The minimum atomic E-state index is -0.213. The molecule has 2 aromatic rings. The Morgan fingerprint density at radius 2 is 2.47 bits per heavy atom. The number of H-pyrrole nitrogens is 1.